The lowest BCUT2D eigenvalue weighted by molar-refractivity contribution is -0.125. The molecule has 1 saturated heterocycles. The number of nitrogens with zero attached hydrogens (tertiary/aromatic N) is 2. The summed E-state index contributed by atoms with van der Waals surface area (Å²) in [6.45, 7) is 6.60. The monoisotopic (exact) mass is 303 g/mol. The molecule has 0 bridgehead atoms. The number of benzene rings is 1. The molecule has 0 aliphatic carbocycles. The molecule has 0 radical (unpaired) electrons. The quantitative estimate of drug-likeness (QED) is 0.864. The SMILES string of the molecule is CCCCNC(=O)C1CN(c2nc3ccc(C)cc3s2)C1. The molecular weight excluding hydrogens is 282 g/mol. The maximum atomic E-state index is 11.9. The van der Waals surface area contributed by atoms with Crippen LogP contribution in [0.3, 0.4) is 0 Å². The summed E-state index contributed by atoms with van der Waals surface area (Å²) in [5.41, 5.74) is 2.31. The minimum absolute atomic E-state index is 0.121. The number of aromatic nitrogens is 1. The lowest BCUT2D eigenvalue weighted by Gasteiger charge is -2.37. The van der Waals surface area contributed by atoms with Crippen LogP contribution in [0.1, 0.15) is 25.3 Å². The van der Waals surface area contributed by atoms with Crippen LogP contribution < -0.4 is 10.2 Å². The molecule has 5 heteroatoms. The van der Waals surface area contributed by atoms with Gasteiger partial charge < -0.3 is 10.2 Å². The third kappa shape index (κ3) is 3.02. The Hall–Kier alpha value is -1.62. The smallest absolute Gasteiger partial charge is 0.226 e. The Morgan fingerprint density at radius 3 is 3.05 bits per heavy atom. The highest BCUT2D eigenvalue weighted by Gasteiger charge is 2.34. The molecule has 1 fully saturated rings. The minimum atomic E-state index is 0.121. The van der Waals surface area contributed by atoms with Crippen LogP contribution in [-0.2, 0) is 4.79 Å². The molecular formula is C16H21N3OS. The van der Waals surface area contributed by atoms with E-state index in [4.69, 9.17) is 0 Å². The van der Waals surface area contributed by atoms with Crippen LogP contribution in [-0.4, -0.2) is 30.5 Å². The number of fused-ring (bicyclic) bond motifs is 1. The molecule has 112 valence electrons. The molecule has 2 heterocycles. The molecule has 1 aromatic heterocycles. The third-order valence-electron chi connectivity index (χ3n) is 3.89. The van der Waals surface area contributed by atoms with Gasteiger partial charge in [-0.25, -0.2) is 4.98 Å². The van der Waals surface area contributed by atoms with E-state index in [1.807, 2.05) is 0 Å². The van der Waals surface area contributed by atoms with Gasteiger partial charge in [0, 0.05) is 19.6 Å². The Bertz CT molecular complexity index is 646. The number of anilines is 1. The highest BCUT2D eigenvalue weighted by molar-refractivity contribution is 7.22. The fourth-order valence-electron chi connectivity index (χ4n) is 2.49. The summed E-state index contributed by atoms with van der Waals surface area (Å²) in [5, 5.41) is 4.04. The molecule has 1 aliphatic rings. The van der Waals surface area contributed by atoms with E-state index in [-0.39, 0.29) is 11.8 Å². The van der Waals surface area contributed by atoms with Gasteiger partial charge >= 0.3 is 0 Å². The summed E-state index contributed by atoms with van der Waals surface area (Å²) < 4.78 is 1.22. The summed E-state index contributed by atoms with van der Waals surface area (Å²) in [7, 11) is 0. The Morgan fingerprint density at radius 2 is 2.29 bits per heavy atom. The highest BCUT2D eigenvalue weighted by atomic mass is 32.1. The molecule has 21 heavy (non-hydrogen) atoms. The van der Waals surface area contributed by atoms with Crippen LogP contribution in [0.25, 0.3) is 10.2 Å². The molecule has 0 atom stereocenters. The number of unbranched alkanes of at least 4 members (excludes halogenated alkanes) is 1. The van der Waals surface area contributed by atoms with Gasteiger partial charge in [-0.15, -0.1) is 0 Å². The number of carbonyl (C=O) groups excluding carboxylic acids is 1. The molecule has 1 aliphatic heterocycles. The van der Waals surface area contributed by atoms with Crippen molar-refractivity contribution in [3.05, 3.63) is 23.8 Å². The van der Waals surface area contributed by atoms with E-state index in [1.165, 1.54) is 10.3 Å². The van der Waals surface area contributed by atoms with E-state index in [0.717, 1.165) is 43.1 Å². The topological polar surface area (TPSA) is 45.2 Å². The van der Waals surface area contributed by atoms with Crippen LogP contribution in [0, 0.1) is 12.8 Å². The number of thiazole rings is 1. The van der Waals surface area contributed by atoms with Gasteiger partial charge in [0.1, 0.15) is 0 Å². The average Bonchev–Trinajstić information content (AvgIpc) is 2.79. The van der Waals surface area contributed by atoms with Crippen molar-refractivity contribution in [3.8, 4) is 0 Å². The Balaban J connectivity index is 1.58. The number of rotatable bonds is 5. The summed E-state index contributed by atoms with van der Waals surface area (Å²) in [6.07, 6.45) is 2.17. The number of nitrogens with one attached hydrogen (secondary N) is 1. The van der Waals surface area contributed by atoms with Crippen LogP contribution in [0.15, 0.2) is 18.2 Å². The van der Waals surface area contributed by atoms with Crippen LogP contribution in [0.4, 0.5) is 5.13 Å². The predicted molar refractivity (Wildman–Crippen MR) is 88.0 cm³/mol. The van der Waals surface area contributed by atoms with Crippen molar-refractivity contribution in [1.29, 1.82) is 0 Å². The number of hydrogen-bond acceptors (Lipinski definition) is 4. The van der Waals surface area contributed by atoms with Gasteiger partial charge in [-0.05, 0) is 31.0 Å². The molecule has 0 saturated carbocycles. The van der Waals surface area contributed by atoms with E-state index in [2.05, 4.69) is 47.2 Å². The van der Waals surface area contributed by atoms with Gasteiger partial charge in [-0.1, -0.05) is 30.7 Å². The molecule has 0 unspecified atom stereocenters. The largest absolute Gasteiger partial charge is 0.356 e. The van der Waals surface area contributed by atoms with Gasteiger partial charge in [0.05, 0.1) is 16.1 Å². The molecule has 3 rings (SSSR count). The second kappa shape index (κ2) is 6.02. The lowest BCUT2D eigenvalue weighted by Crippen LogP contribution is -2.53. The first-order chi connectivity index (χ1) is 10.2. The maximum absolute atomic E-state index is 11.9. The number of hydrogen-bond donors (Lipinski definition) is 1. The number of amides is 1. The fourth-order valence-corrected chi connectivity index (χ4v) is 3.57. The van der Waals surface area contributed by atoms with Gasteiger partial charge in [-0.2, -0.15) is 0 Å². The Kier molecular flexibility index (Phi) is 4.10. The zero-order chi connectivity index (χ0) is 14.8. The number of carbonyl (C=O) groups is 1. The van der Waals surface area contributed by atoms with Gasteiger partial charge in [0.25, 0.3) is 0 Å². The maximum Gasteiger partial charge on any atom is 0.226 e. The van der Waals surface area contributed by atoms with Crippen molar-refractivity contribution in [2.45, 2.75) is 26.7 Å². The third-order valence-corrected chi connectivity index (χ3v) is 4.96. The van der Waals surface area contributed by atoms with E-state index in [1.54, 1.807) is 11.3 Å². The van der Waals surface area contributed by atoms with E-state index in [0.29, 0.717) is 0 Å². The average molecular weight is 303 g/mol. The predicted octanol–water partition coefficient (Wildman–Crippen LogP) is 2.96. The van der Waals surface area contributed by atoms with Crippen LogP contribution >= 0.6 is 11.3 Å². The molecule has 1 N–H and O–H groups in total. The van der Waals surface area contributed by atoms with Crippen molar-refractivity contribution >= 4 is 32.6 Å². The summed E-state index contributed by atoms with van der Waals surface area (Å²) in [4.78, 5) is 18.8. The van der Waals surface area contributed by atoms with Crippen molar-refractivity contribution in [2.24, 2.45) is 5.92 Å². The first-order valence-electron chi connectivity index (χ1n) is 7.57. The molecule has 4 nitrogen and oxygen atoms in total. The summed E-state index contributed by atoms with van der Waals surface area (Å²) >= 11 is 1.71. The van der Waals surface area contributed by atoms with Gasteiger partial charge in [0.15, 0.2) is 5.13 Å². The number of aryl methyl sites for hydroxylation is 1. The van der Waals surface area contributed by atoms with Crippen molar-refractivity contribution < 1.29 is 4.79 Å². The van der Waals surface area contributed by atoms with Crippen LogP contribution in [0.5, 0.6) is 0 Å². The standard InChI is InChI=1S/C16H21N3OS/c1-3-4-7-17-15(20)12-9-19(10-12)16-18-13-6-5-11(2)8-14(13)21-16/h5-6,8,12H,3-4,7,9-10H2,1-2H3,(H,17,20). The van der Waals surface area contributed by atoms with Crippen molar-refractivity contribution in [3.63, 3.8) is 0 Å². The van der Waals surface area contributed by atoms with Crippen molar-refractivity contribution in [1.82, 2.24) is 10.3 Å². The van der Waals surface area contributed by atoms with E-state index < -0.39 is 0 Å². The van der Waals surface area contributed by atoms with E-state index in [9.17, 15) is 4.79 Å². The fraction of sp³-hybridized carbons (Fsp3) is 0.500. The second-order valence-electron chi connectivity index (χ2n) is 5.71. The molecule has 0 spiro atoms. The lowest BCUT2D eigenvalue weighted by atomic mass is 10.00. The zero-order valence-corrected chi connectivity index (χ0v) is 13.4. The first kappa shape index (κ1) is 14.3. The van der Waals surface area contributed by atoms with E-state index >= 15 is 0 Å². The second-order valence-corrected chi connectivity index (χ2v) is 6.72. The molecule has 1 amide bonds. The van der Waals surface area contributed by atoms with Gasteiger partial charge in [-0.3, -0.25) is 4.79 Å². The zero-order valence-electron chi connectivity index (χ0n) is 12.6. The Morgan fingerprint density at radius 1 is 1.48 bits per heavy atom. The van der Waals surface area contributed by atoms with Crippen LogP contribution in [0.2, 0.25) is 0 Å². The Labute approximate surface area is 129 Å². The summed E-state index contributed by atoms with van der Waals surface area (Å²) in [5.74, 6) is 0.312. The van der Waals surface area contributed by atoms with Gasteiger partial charge in [0.2, 0.25) is 5.91 Å². The summed E-state index contributed by atoms with van der Waals surface area (Å²) in [6, 6.07) is 6.33. The molecule has 2 aromatic rings. The first-order valence-corrected chi connectivity index (χ1v) is 8.39. The minimum Gasteiger partial charge on any atom is -0.356 e. The normalized spacial score (nSPS) is 15.2. The molecule has 1 aromatic carbocycles. The van der Waals surface area contributed by atoms with Crippen molar-refractivity contribution in [2.75, 3.05) is 24.5 Å². The highest BCUT2D eigenvalue weighted by Crippen LogP contribution is 2.33.